The van der Waals surface area contributed by atoms with Crippen LogP contribution in [0.3, 0.4) is 0 Å². The highest BCUT2D eigenvalue weighted by molar-refractivity contribution is 8.00. The number of carbonyl (C=O) groups excluding carboxylic acids is 1. The van der Waals surface area contributed by atoms with Crippen molar-refractivity contribution >= 4 is 28.7 Å². The van der Waals surface area contributed by atoms with Gasteiger partial charge in [0.2, 0.25) is 11.8 Å². The highest BCUT2D eigenvalue weighted by atomic mass is 32.2. The normalized spacial score (nSPS) is 15.5. The number of thioether (sulfide) groups is 1. The van der Waals surface area contributed by atoms with E-state index in [-0.39, 0.29) is 11.2 Å². The van der Waals surface area contributed by atoms with Crippen LogP contribution in [0.2, 0.25) is 0 Å². The lowest BCUT2D eigenvalue weighted by Crippen LogP contribution is -2.25. The fraction of sp³-hybridized carbons (Fsp3) is 0.409. The maximum atomic E-state index is 12.2. The Kier molecular flexibility index (Phi) is 6.34. The quantitative estimate of drug-likeness (QED) is 0.576. The van der Waals surface area contributed by atoms with E-state index in [0.29, 0.717) is 24.3 Å². The number of carbonyl (C=O) groups is 1. The number of ether oxygens (including phenoxy) is 1. The number of rotatable bonds is 8. The number of fused-ring (bicyclic) bond motifs is 1. The van der Waals surface area contributed by atoms with Gasteiger partial charge in [-0.25, -0.2) is 9.97 Å². The summed E-state index contributed by atoms with van der Waals surface area (Å²) in [5.74, 6) is 1.95. The first-order valence-corrected chi connectivity index (χ1v) is 11.2. The zero-order valence-electron chi connectivity index (χ0n) is 16.6. The fourth-order valence-electron chi connectivity index (χ4n) is 3.46. The van der Waals surface area contributed by atoms with Crippen LogP contribution in [0.1, 0.15) is 49.2 Å². The van der Waals surface area contributed by atoms with Crippen LogP contribution >= 0.6 is 11.8 Å². The number of benzene rings is 1. The first-order valence-electron chi connectivity index (χ1n) is 10.1. The largest absolute Gasteiger partial charge is 0.474 e. The van der Waals surface area contributed by atoms with Crippen molar-refractivity contribution in [3.63, 3.8) is 0 Å². The number of pyridine rings is 1. The number of para-hydroxylation sites is 2. The van der Waals surface area contributed by atoms with Crippen LogP contribution in [0.5, 0.6) is 5.88 Å². The molecule has 0 aliphatic heterocycles. The molecular formula is C22H26N4O2S. The van der Waals surface area contributed by atoms with Gasteiger partial charge in [0.05, 0.1) is 22.0 Å². The molecule has 1 saturated carbocycles. The van der Waals surface area contributed by atoms with E-state index < -0.39 is 0 Å². The van der Waals surface area contributed by atoms with Crippen molar-refractivity contribution in [3.05, 3.63) is 54.0 Å². The van der Waals surface area contributed by atoms with Gasteiger partial charge in [-0.2, -0.15) is 0 Å². The maximum Gasteiger partial charge on any atom is 0.230 e. The summed E-state index contributed by atoms with van der Waals surface area (Å²) >= 11 is 1.57. The molecule has 29 heavy (non-hydrogen) atoms. The van der Waals surface area contributed by atoms with Crippen molar-refractivity contribution in [2.45, 2.75) is 50.5 Å². The molecule has 0 radical (unpaired) electrons. The second-order valence-corrected chi connectivity index (χ2v) is 8.73. The molecule has 1 aromatic carbocycles. The molecule has 0 saturated heterocycles. The number of hydrogen-bond donors (Lipinski definition) is 2. The summed E-state index contributed by atoms with van der Waals surface area (Å²) in [5.41, 5.74) is 2.94. The smallest absolute Gasteiger partial charge is 0.230 e. The SMILES string of the molecule is CC(SCC(=O)NCc1ccc(OC2CCCC2)nc1)c1nc2ccccc2[nH]1. The van der Waals surface area contributed by atoms with Crippen molar-refractivity contribution in [2.75, 3.05) is 5.75 Å². The van der Waals surface area contributed by atoms with Crippen molar-refractivity contribution < 1.29 is 9.53 Å². The van der Waals surface area contributed by atoms with Gasteiger partial charge >= 0.3 is 0 Å². The van der Waals surface area contributed by atoms with Crippen molar-refractivity contribution in [1.82, 2.24) is 20.3 Å². The van der Waals surface area contributed by atoms with Crippen molar-refractivity contribution in [2.24, 2.45) is 0 Å². The molecule has 0 spiro atoms. The van der Waals surface area contributed by atoms with E-state index in [1.54, 1.807) is 18.0 Å². The van der Waals surface area contributed by atoms with Crippen LogP contribution in [0, 0.1) is 0 Å². The third kappa shape index (κ3) is 5.29. The number of aromatic nitrogens is 3. The van der Waals surface area contributed by atoms with E-state index >= 15 is 0 Å². The van der Waals surface area contributed by atoms with E-state index in [9.17, 15) is 4.79 Å². The standard InChI is InChI=1S/C22H26N4O2S/c1-15(22-25-18-8-4-5-9-19(18)26-22)29-14-20(27)23-12-16-10-11-21(24-13-16)28-17-6-2-3-7-17/h4-5,8-11,13,15,17H,2-3,6-7,12,14H2,1H3,(H,23,27)(H,25,26). The van der Waals surface area contributed by atoms with Gasteiger partial charge in [0, 0.05) is 18.8 Å². The summed E-state index contributed by atoms with van der Waals surface area (Å²) in [7, 11) is 0. The molecule has 2 heterocycles. The summed E-state index contributed by atoms with van der Waals surface area (Å²) in [6, 6.07) is 11.8. The van der Waals surface area contributed by atoms with Crippen LogP contribution in [0.25, 0.3) is 11.0 Å². The summed E-state index contributed by atoms with van der Waals surface area (Å²) < 4.78 is 5.87. The second kappa shape index (κ2) is 9.31. The molecule has 1 aliphatic carbocycles. The van der Waals surface area contributed by atoms with Gasteiger partial charge in [-0.3, -0.25) is 4.79 Å². The molecule has 1 amide bonds. The Morgan fingerprint density at radius 3 is 2.86 bits per heavy atom. The molecule has 3 aromatic rings. The minimum Gasteiger partial charge on any atom is -0.474 e. The van der Waals surface area contributed by atoms with Crippen molar-refractivity contribution in [3.8, 4) is 5.88 Å². The van der Waals surface area contributed by atoms with E-state index in [4.69, 9.17) is 4.74 Å². The zero-order chi connectivity index (χ0) is 20.1. The average molecular weight is 411 g/mol. The summed E-state index contributed by atoms with van der Waals surface area (Å²) in [4.78, 5) is 24.5. The zero-order valence-corrected chi connectivity index (χ0v) is 17.4. The van der Waals surface area contributed by atoms with Crippen LogP contribution in [-0.4, -0.2) is 32.7 Å². The number of imidazole rings is 1. The monoisotopic (exact) mass is 410 g/mol. The van der Waals surface area contributed by atoms with Gasteiger partial charge in [-0.1, -0.05) is 18.2 Å². The fourth-order valence-corrected chi connectivity index (χ4v) is 4.23. The van der Waals surface area contributed by atoms with Crippen LogP contribution < -0.4 is 10.1 Å². The lowest BCUT2D eigenvalue weighted by molar-refractivity contribution is -0.118. The first kappa shape index (κ1) is 19.8. The number of hydrogen-bond acceptors (Lipinski definition) is 5. The minimum atomic E-state index is 0.00393. The first-order chi connectivity index (χ1) is 14.2. The Bertz CT molecular complexity index is 918. The number of aromatic amines is 1. The Labute approximate surface area is 174 Å². The third-order valence-corrected chi connectivity index (χ3v) is 6.29. The van der Waals surface area contributed by atoms with E-state index in [0.717, 1.165) is 35.3 Å². The highest BCUT2D eigenvalue weighted by Gasteiger charge is 2.17. The Morgan fingerprint density at radius 2 is 2.10 bits per heavy atom. The molecule has 7 heteroatoms. The molecule has 152 valence electrons. The maximum absolute atomic E-state index is 12.2. The Hall–Kier alpha value is -2.54. The molecule has 4 rings (SSSR count). The molecule has 0 bridgehead atoms. The Morgan fingerprint density at radius 1 is 1.28 bits per heavy atom. The lowest BCUT2D eigenvalue weighted by Gasteiger charge is -2.12. The highest BCUT2D eigenvalue weighted by Crippen LogP contribution is 2.27. The van der Waals surface area contributed by atoms with E-state index in [1.165, 1.54) is 12.8 Å². The second-order valence-electron chi connectivity index (χ2n) is 7.40. The number of H-pyrrole nitrogens is 1. The Balaban J connectivity index is 1.21. The molecule has 1 atom stereocenters. The van der Waals surface area contributed by atoms with Gasteiger partial charge in [0.15, 0.2) is 0 Å². The average Bonchev–Trinajstić information content (AvgIpc) is 3.41. The summed E-state index contributed by atoms with van der Waals surface area (Å²) in [6.45, 7) is 2.53. The predicted molar refractivity (Wildman–Crippen MR) is 116 cm³/mol. The van der Waals surface area contributed by atoms with Gasteiger partial charge in [0.25, 0.3) is 0 Å². The number of amides is 1. The molecule has 2 N–H and O–H groups in total. The molecule has 2 aromatic heterocycles. The predicted octanol–water partition coefficient (Wildman–Crippen LogP) is 4.39. The molecule has 1 aliphatic rings. The summed E-state index contributed by atoms with van der Waals surface area (Å²) in [6.07, 6.45) is 6.78. The van der Waals surface area contributed by atoms with Crippen LogP contribution in [0.15, 0.2) is 42.6 Å². The number of nitrogens with one attached hydrogen (secondary N) is 2. The van der Waals surface area contributed by atoms with Crippen LogP contribution in [-0.2, 0) is 11.3 Å². The molecule has 6 nitrogen and oxygen atoms in total. The van der Waals surface area contributed by atoms with E-state index in [2.05, 4.69) is 27.2 Å². The number of nitrogens with zero attached hydrogens (tertiary/aromatic N) is 2. The summed E-state index contributed by atoms with van der Waals surface area (Å²) in [5, 5.41) is 3.07. The van der Waals surface area contributed by atoms with Crippen LogP contribution in [0.4, 0.5) is 0 Å². The van der Waals surface area contributed by atoms with Crippen molar-refractivity contribution in [1.29, 1.82) is 0 Å². The molecule has 1 fully saturated rings. The van der Waals surface area contributed by atoms with Gasteiger partial charge in [0.1, 0.15) is 11.9 Å². The lowest BCUT2D eigenvalue weighted by atomic mass is 10.3. The van der Waals surface area contributed by atoms with Gasteiger partial charge in [-0.15, -0.1) is 11.8 Å². The van der Waals surface area contributed by atoms with Gasteiger partial charge < -0.3 is 15.0 Å². The minimum absolute atomic E-state index is 0.00393. The van der Waals surface area contributed by atoms with E-state index in [1.807, 2.05) is 36.4 Å². The topological polar surface area (TPSA) is 79.9 Å². The molecular weight excluding hydrogens is 384 g/mol. The third-order valence-electron chi connectivity index (χ3n) is 5.13. The molecule has 1 unspecified atom stereocenters. The van der Waals surface area contributed by atoms with Gasteiger partial charge in [-0.05, 0) is 50.3 Å².